The number of carbonyl (C=O) groups is 6. The van der Waals surface area contributed by atoms with E-state index in [0.29, 0.717) is 6.42 Å². The second-order valence-corrected chi connectivity index (χ2v) is 7.94. The molecule has 10 N–H and O–H groups in total. The molecule has 0 radical (unpaired) electrons. The minimum absolute atomic E-state index is 0.0118. The summed E-state index contributed by atoms with van der Waals surface area (Å²) in [6.07, 6.45) is -10.8. The van der Waals surface area contributed by atoms with Crippen molar-refractivity contribution in [3.05, 3.63) is 12.2 Å². The Morgan fingerprint density at radius 3 is 1.43 bits per heavy atom. The lowest BCUT2D eigenvalue weighted by Gasteiger charge is -2.23. The Hall–Kier alpha value is -3.86. The molecule has 1 rings (SSSR count). The van der Waals surface area contributed by atoms with Gasteiger partial charge in [0.05, 0.1) is 31.2 Å². The van der Waals surface area contributed by atoms with Crippen molar-refractivity contribution in [2.45, 2.75) is 62.8 Å². The van der Waals surface area contributed by atoms with E-state index >= 15 is 0 Å². The Morgan fingerprint density at radius 2 is 1.14 bits per heavy atom. The van der Waals surface area contributed by atoms with Crippen LogP contribution in [0, 0.1) is 0 Å². The summed E-state index contributed by atoms with van der Waals surface area (Å²) in [5, 5.41) is 34.2. The van der Waals surface area contributed by atoms with Crippen LogP contribution in [0.4, 0.5) is 26.3 Å². The highest BCUT2D eigenvalue weighted by Gasteiger charge is 2.38. The van der Waals surface area contributed by atoms with Crippen LogP contribution in [0.2, 0.25) is 0 Å². The second-order valence-electron chi connectivity index (χ2n) is 7.94. The predicted molar refractivity (Wildman–Crippen MR) is 123 cm³/mol. The van der Waals surface area contributed by atoms with Crippen LogP contribution in [0.25, 0.3) is 0 Å². The number of hydrogen-bond acceptors (Lipinski definition) is 11. The highest BCUT2D eigenvalue weighted by Crippen LogP contribution is 2.16. The van der Waals surface area contributed by atoms with Gasteiger partial charge in [-0.2, -0.15) is 26.3 Å². The van der Waals surface area contributed by atoms with Gasteiger partial charge >= 0.3 is 24.3 Å². The first-order valence-corrected chi connectivity index (χ1v) is 11.3. The molecule has 0 aromatic heterocycles. The quantitative estimate of drug-likeness (QED) is 0.0280. The number of aliphatic hydroxyl groups excluding tert-OH is 2. The monoisotopic (exact) mass is 629 g/mol. The first-order valence-electron chi connectivity index (χ1n) is 11.3. The third kappa shape index (κ3) is 19.3. The SMILES string of the molecule is NNC(=O)CC(O)CC(CC(O)CC(=O)NN)OCCCN1C(=O)C=CC1=O.O=C(O)C(F)(F)F.O=C(O)C(F)(F)F. The minimum atomic E-state index is -5.08. The maximum atomic E-state index is 11.5. The standard InChI is InChI=1S/C16H27N5O7.2C2HF3O2/c17-19-13(24)8-10(22)6-12(7-11(23)9-14(25)20-18)28-5-1-4-21-15(26)2-3-16(21)27;2*3-2(4,5)1(6)7/h2-3,10-12,22-23H,1,4-9,17-18H2,(H,19,24)(H,20,25);2*(H,6,7). The van der Waals surface area contributed by atoms with Gasteiger partial charge in [0, 0.05) is 38.1 Å². The summed E-state index contributed by atoms with van der Waals surface area (Å²) in [4.78, 5) is 64.3. The summed E-state index contributed by atoms with van der Waals surface area (Å²) < 4.78 is 69.1. The predicted octanol–water partition coefficient (Wildman–Crippen LogP) is -1.78. The largest absolute Gasteiger partial charge is 0.490 e. The van der Waals surface area contributed by atoms with E-state index in [9.17, 15) is 55.7 Å². The fraction of sp³-hybridized carbons (Fsp3) is 0.600. The number of amides is 4. The van der Waals surface area contributed by atoms with Gasteiger partial charge < -0.3 is 25.2 Å². The number of carbonyl (C=O) groups excluding carboxylic acids is 4. The zero-order valence-corrected chi connectivity index (χ0v) is 21.4. The Labute approximate surface area is 232 Å². The van der Waals surface area contributed by atoms with Crippen molar-refractivity contribution >= 4 is 35.6 Å². The molecular formula is C20H29F6N5O11. The number of carboxylic acids is 2. The van der Waals surface area contributed by atoms with Crippen LogP contribution in [0.1, 0.15) is 32.1 Å². The zero-order valence-electron chi connectivity index (χ0n) is 21.4. The molecule has 1 heterocycles. The van der Waals surface area contributed by atoms with E-state index in [1.807, 2.05) is 10.9 Å². The minimum Gasteiger partial charge on any atom is -0.475 e. The molecule has 0 saturated heterocycles. The molecule has 0 fully saturated rings. The highest BCUT2D eigenvalue weighted by molar-refractivity contribution is 6.12. The van der Waals surface area contributed by atoms with Gasteiger partial charge in [-0.05, 0) is 6.42 Å². The van der Waals surface area contributed by atoms with E-state index in [4.69, 9.17) is 36.2 Å². The fourth-order valence-corrected chi connectivity index (χ4v) is 2.68. The van der Waals surface area contributed by atoms with E-state index < -0.39 is 66.2 Å². The Morgan fingerprint density at radius 1 is 0.810 bits per heavy atom. The molecule has 1 aliphatic heterocycles. The number of nitrogens with one attached hydrogen (secondary N) is 2. The normalized spacial score (nSPS) is 15.0. The van der Waals surface area contributed by atoms with Crippen molar-refractivity contribution in [1.82, 2.24) is 15.8 Å². The molecule has 0 bridgehead atoms. The molecule has 4 amide bonds. The molecule has 16 nitrogen and oxygen atoms in total. The van der Waals surface area contributed by atoms with Crippen molar-refractivity contribution in [3.63, 3.8) is 0 Å². The Kier molecular flexibility index (Phi) is 18.5. The number of rotatable bonds is 13. The molecule has 42 heavy (non-hydrogen) atoms. The highest BCUT2D eigenvalue weighted by atomic mass is 19.4. The third-order valence-electron chi connectivity index (χ3n) is 4.50. The van der Waals surface area contributed by atoms with Crippen LogP contribution in [0.5, 0.6) is 0 Å². The van der Waals surface area contributed by atoms with Gasteiger partial charge in [-0.3, -0.25) is 34.9 Å². The fourth-order valence-electron chi connectivity index (χ4n) is 2.68. The molecule has 22 heteroatoms. The van der Waals surface area contributed by atoms with Gasteiger partial charge in [0.25, 0.3) is 11.8 Å². The van der Waals surface area contributed by atoms with Gasteiger partial charge in [-0.25, -0.2) is 21.3 Å². The molecule has 0 aliphatic carbocycles. The van der Waals surface area contributed by atoms with E-state index in [-0.39, 0.29) is 38.8 Å². The van der Waals surface area contributed by atoms with Crippen LogP contribution >= 0.6 is 0 Å². The number of halogens is 6. The number of nitrogens with two attached hydrogens (primary N) is 2. The first-order chi connectivity index (χ1) is 19.1. The number of carboxylic acid groups (broad SMARTS) is 2. The molecular weight excluding hydrogens is 600 g/mol. The molecule has 0 saturated carbocycles. The lowest BCUT2D eigenvalue weighted by atomic mass is 10.0. The summed E-state index contributed by atoms with van der Waals surface area (Å²) in [6, 6.07) is 0. The summed E-state index contributed by atoms with van der Waals surface area (Å²) in [6.45, 7) is 0.293. The maximum absolute atomic E-state index is 11.5. The van der Waals surface area contributed by atoms with Crippen LogP contribution < -0.4 is 22.5 Å². The Balaban J connectivity index is 0. The Bertz CT molecular complexity index is 894. The van der Waals surface area contributed by atoms with Crippen molar-refractivity contribution in [1.29, 1.82) is 0 Å². The van der Waals surface area contributed by atoms with Crippen LogP contribution in [0.3, 0.4) is 0 Å². The summed E-state index contributed by atoms with van der Waals surface area (Å²) >= 11 is 0. The molecule has 2 unspecified atom stereocenters. The lowest BCUT2D eigenvalue weighted by molar-refractivity contribution is -0.193. The number of ether oxygens (including phenoxy) is 1. The molecule has 0 spiro atoms. The molecule has 2 atom stereocenters. The van der Waals surface area contributed by atoms with Crippen LogP contribution in [-0.2, 0) is 33.5 Å². The average molecular weight is 629 g/mol. The van der Waals surface area contributed by atoms with Gasteiger partial charge in [-0.1, -0.05) is 0 Å². The number of hydrazine groups is 2. The van der Waals surface area contributed by atoms with E-state index in [1.54, 1.807) is 0 Å². The van der Waals surface area contributed by atoms with E-state index in [1.165, 1.54) is 12.2 Å². The third-order valence-corrected chi connectivity index (χ3v) is 4.50. The first kappa shape index (κ1) is 40.3. The number of aliphatic hydroxyl groups is 2. The van der Waals surface area contributed by atoms with E-state index in [2.05, 4.69) is 0 Å². The van der Waals surface area contributed by atoms with Gasteiger partial charge in [0.2, 0.25) is 11.8 Å². The summed E-state index contributed by atoms with van der Waals surface area (Å²) in [7, 11) is 0. The maximum Gasteiger partial charge on any atom is 0.490 e. The molecule has 0 aromatic rings. The van der Waals surface area contributed by atoms with Crippen LogP contribution in [-0.4, -0.2) is 105 Å². The number of hydrogen-bond donors (Lipinski definition) is 8. The van der Waals surface area contributed by atoms with Gasteiger partial charge in [-0.15, -0.1) is 0 Å². The number of nitrogens with zero attached hydrogens (tertiary/aromatic N) is 1. The summed E-state index contributed by atoms with van der Waals surface area (Å²) in [5.74, 6) is 2.53. The molecule has 1 aliphatic rings. The zero-order chi connectivity index (χ0) is 33.3. The smallest absolute Gasteiger partial charge is 0.475 e. The van der Waals surface area contributed by atoms with Gasteiger partial charge in [0.15, 0.2) is 0 Å². The second kappa shape index (κ2) is 19.3. The summed E-state index contributed by atoms with van der Waals surface area (Å²) in [5.41, 5.74) is 3.81. The number of alkyl halides is 6. The van der Waals surface area contributed by atoms with Crippen molar-refractivity contribution in [2.75, 3.05) is 13.2 Å². The number of aliphatic carboxylic acids is 2. The molecule has 242 valence electrons. The van der Waals surface area contributed by atoms with Crippen molar-refractivity contribution in [2.24, 2.45) is 11.7 Å². The number of imide groups is 1. The topological polar surface area (TPSA) is 272 Å². The lowest BCUT2D eigenvalue weighted by Crippen LogP contribution is -2.36. The average Bonchev–Trinajstić information content (AvgIpc) is 3.17. The van der Waals surface area contributed by atoms with Crippen LogP contribution in [0.15, 0.2) is 12.2 Å². The van der Waals surface area contributed by atoms with E-state index in [0.717, 1.165) is 4.90 Å². The van der Waals surface area contributed by atoms with Crippen molar-refractivity contribution in [3.8, 4) is 0 Å². The van der Waals surface area contributed by atoms with Gasteiger partial charge in [0.1, 0.15) is 0 Å². The van der Waals surface area contributed by atoms with Crippen molar-refractivity contribution < 1.29 is 80.3 Å². The molecule has 0 aromatic carbocycles.